The summed E-state index contributed by atoms with van der Waals surface area (Å²) in [6.07, 6.45) is 1.53. The molecule has 0 aliphatic carbocycles. The summed E-state index contributed by atoms with van der Waals surface area (Å²) in [6, 6.07) is 4.89. The fourth-order valence-corrected chi connectivity index (χ4v) is 2.02. The Morgan fingerprint density at radius 1 is 1.12 bits per heavy atom. The highest BCUT2D eigenvalue weighted by Gasteiger charge is 2.26. The highest BCUT2D eigenvalue weighted by molar-refractivity contribution is 6.25. The van der Waals surface area contributed by atoms with E-state index < -0.39 is 11.8 Å². The van der Waals surface area contributed by atoms with Gasteiger partial charge in [0.2, 0.25) is 0 Å². The second kappa shape index (κ2) is 3.28. The fourth-order valence-electron chi connectivity index (χ4n) is 2.02. The predicted molar refractivity (Wildman–Crippen MR) is 60.1 cm³/mol. The molecule has 0 fully saturated rings. The van der Waals surface area contributed by atoms with Crippen LogP contribution in [0.2, 0.25) is 0 Å². The number of amides is 2. The van der Waals surface area contributed by atoms with Gasteiger partial charge in [-0.05, 0) is 18.2 Å². The molecule has 0 spiro atoms. The van der Waals surface area contributed by atoms with Crippen LogP contribution in [0.3, 0.4) is 0 Å². The molecule has 5 nitrogen and oxygen atoms in total. The number of hydrogen-bond acceptors (Lipinski definition) is 4. The third-order valence-corrected chi connectivity index (χ3v) is 2.79. The highest BCUT2D eigenvalue weighted by atomic mass is 16.5. The first-order valence-electron chi connectivity index (χ1n) is 5.04. The first kappa shape index (κ1) is 9.77. The Kier molecular flexibility index (Phi) is 1.89. The molecule has 2 aromatic rings. The van der Waals surface area contributed by atoms with Crippen LogP contribution in [0.15, 0.2) is 24.4 Å². The van der Waals surface area contributed by atoms with E-state index >= 15 is 0 Å². The summed E-state index contributed by atoms with van der Waals surface area (Å²) in [7, 11) is 1.52. The number of imide groups is 1. The van der Waals surface area contributed by atoms with Crippen molar-refractivity contribution in [1.29, 1.82) is 0 Å². The van der Waals surface area contributed by atoms with Crippen LogP contribution in [0, 0.1) is 0 Å². The molecular weight excluding hydrogens is 220 g/mol. The van der Waals surface area contributed by atoms with Crippen molar-refractivity contribution >= 4 is 22.7 Å². The topological polar surface area (TPSA) is 68.3 Å². The van der Waals surface area contributed by atoms with E-state index in [1.165, 1.54) is 13.3 Å². The van der Waals surface area contributed by atoms with E-state index in [9.17, 15) is 9.59 Å². The minimum atomic E-state index is -0.400. The molecule has 1 aliphatic rings. The number of pyridine rings is 1. The molecule has 2 amide bonds. The molecular formula is C12H8N2O3. The lowest BCUT2D eigenvalue weighted by Gasteiger charge is -2.16. The van der Waals surface area contributed by atoms with E-state index in [1.807, 2.05) is 0 Å². The second-order valence-electron chi connectivity index (χ2n) is 3.68. The predicted octanol–water partition coefficient (Wildman–Crippen LogP) is 1.13. The Hall–Kier alpha value is -2.43. The van der Waals surface area contributed by atoms with Gasteiger partial charge in [0.25, 0.3) is 11.8 Å². The van der Waals surface area contributed by atoms with Crippen molar-refractivity contribution in [2.24, 2.45) is 0 Å². The number of benzene rings is 1. The van der Waals surface area contributed by atoms with Gasteiger partial charge in [0.05, 0.1) is 18.2 Å². The molecule has 0 radical (unpaired) electrons. The normalized spacial score (nSPS) is 13.7. The van der Waals surface area contributed by atoms with Gasteiger partial charge in [0.15, 0.2) is 0 Å². The van der Waals surface area contributed by atoms with Gasteiger partial charge >= 0.3 is 0 Å². The number of carbonyl (C=O) groups is 2. The summed E-state index contributed by atoms with van der Waals surface area (Å²) in [5.74, 6) is -0.251. The van der Waals surface area contributed by atoms with Crippen LogP contribution in [-0.4, -0.2) is 23.9 Å². The number of methoxy groups -OCH3 is 1. The molecule has 17 heavy (non-hydrogen) atoms. The number of hydrogen-bond donors (Lipinski definition) is 1. The standard InChI is InChI=1S/C12H8N2O3/c1-17-8-3-2-6-9-7(4-5-13-10(8)9)12(16)14-11(6)15/h2-5H,1H3,(H,14,15,16). The Balaban J connectivity index is 2.51. The Labute approximate surface area is 96.4 Å². The van der Waals surface area contributed by atoms with Gasteiger partial charge in [-0.3, -0.25) is 19.9 Å². The molecule has 3 rings (SSSR count). The number of carbonyl (C=O) groups excluding carboxylic acids is 2. The Morgan fingerprint density at radius 3 is 2.53 bits per heavy atom. The monoisotopic (exact) mass is 228 g/mol. The van der Waals surface area contributed by atoms with Crippen LogP contribution >= 0.6 is 0 Å². The molecule has 0 saturated carbocycles. The molecule has 0 saturated heterocycles. The van der Waals surface area contributed by atoms with E-state index in [2.05, 4.69) is 10.3 Å². The molecule has 84 valence electrons. The summed E-state index contributed by atoms with van der Waals surface area (Å²) in [5.41, 5.74) is 1.43. The van der Waals surface area contributed by atoms with Crippen LogP contribution < -0.4 is 10.1 Å². The van der Waals surface area contributed by atoms with E-state index in [1.54, 1.807) is 18.2 Å². The first-order chi connectivity index (χ1) is 8.22. The molecule has 1 aliphatic heterocycles. The van der Waals surface area contributed by atoms with Gasteiger partial charge in [-0.2, -0.15) is 0 Å². The van der Waals surface area contributed by atoms with Crippen LogP contribution in [0.25, 0.3) is 10.9 Å². The van der Waals surface area contributed by atoms with E-state index in [-0.39, 0.29) is 0 Å². The van der Waals surface area contributed by atoms with Crippen molar-refractivity contribution in [2.75, 3.05) is 7.11 Å². The Morgan fingerprint density at radius 2 is 1.82 bits per heavy atom. The zero-order chi connectivity index (χ0) is 12.0. The summed E-state index contributed by atoms with van der Waals surface area (Å²) < 4.78 is 5.17. The summed E-state index contributed by atoms with van der Waals surface area (Å²) >= 11 is 0. The second-order valence-corrected chi connectivity index (χ2v) is 3.68. The van der Waals surface area contributed by atoms with Crippen LogP contribution in [-0.2, 0) is 0 Å². The maximum atomic E-state index is 11.7. The lowest BCUT2D eigenvalue weighted by atomic mass is 9.98. The van der Waals surface area contributed by atoms with Gasteiger partial charge in [-0.25, -0.2) is 0 Å². The summed E-state index contributed by atoms with van der Waals surface area (Å²) in [4.78, 5) is 27.5. The third-order valence-electron chi connectivity index (χ3n) is 2.79. The van der Waals surface area contributed by atoms with Crippen LogP contribution in [0.1, 0.15) is 20.7 Å². The minimum Gasteiger partial charge on any atom is -0.494 e. The number of rotatable bonds is 1. The van der Waals surface area contributed by atoms with Crippen molar-refractivity contribution in [3.8, 4) is 5.75 Å². The number of aromatic nitrogens is 1. The zero-order valence-corrected chi connectivity index (χ0v) is 8.98. The van der Waals surface area contributed by atoms with E-state index in [0.29, 0.717) is 27.8 Å². The first-order valence-corrected chi connectivity index (χ1v) is 5.04. The van der Waals surface area contributed by atoms with Crippen molar-refractivity contribution in [3.63, 3.8) is 0 Å². The average molecular weight is 228 g/mol. The SMILES string of the molecule is COc1ccc2c3c(ccnc13)C(=O)NC2=O. The van der Waals surface area contributed by atoms with Gasteiger partial charge in [-0.15, -0.1) is 0 Å². The smallest absolute Gasteiger partial charge is 0.258 e. The van der Waals surface area contributed by atoms with Gasteiger partial charge in [-0.1, -0.05) is 0 Å². The quantitative estimate of drug-likeness (QED) is 0.743. The number of nitrogens with zero attached hydrogens (tertiary/aromatic N) is 1. The minimum absolute atomic E-state index is 0.400. The number of ether oxygens (including phenoxy) is 1. The third kappa shape index (κ3) is 1.22. The molecule has 1 aromatic heterocycles. The van der Waals surface area contributed by atoms with Crippen molar-refractivity contribution in [1.82, 2.24) is 10.3 Å². The lowest BCUT2D eigenvalue weighted by Crippen LogP contribution is -2.34. The molecule has 5 heteroatoms. The maximum absolute atomic E-state index is 11.7. The highest BCUT2D eigenvalue weighted by Crippen LogP contribution is 2.31. The number of nitrogens with one attached hydrogen (secondary N) is 1. The maximum Gasteiger partial charge on any atom is 0.258 e. The molecule has 0 bridgehead atoms. The zero-order valence-electron chi connectivity index (χ0n) is 8.98. The van der Waals surface area contributed by atoms with E-state index in [4.69, 9.17) is 4.74 Å². The van der Waals surface area contributed by atoms with Crippen molar-refractivity contribution in [3.05, 3.63) is 35.5 Å². The molecule has 1 N–H and O–H groups in total. The fraction of sp³-hybridized carbons (Fsp3) is 0.0833. The summed E-state index contributed by atoms with van der Waals surface area (Å²) in [5, 5.41) is 2.84. The molecule has 1 aromatic carbocycles. The summed E-state index contributed by atoms with van der Waals surface area (Å²) in [6.45, 7) is 0. The van der Waals surface area contributed by atoms with Gasteiger partial charge < -0.3 is 4.74 Å². The molecule has 0 atom stereocenters. The van der Waals surface area contributed by atoms with Gasteiger partial charge in [0, 0.05) is 11.6 Å². The van der Waals surface area contributed by atoms with Crippen LogP contribution in [0.4, 0.5) is 0 Å². The largest absolute Gasteiger partial charge is 0.494 e. The molecule has 2 heterocycles. The van der Waals surface area contributed by atoms with Gasteiger partial charge in [0.1, 0.15) is 11.3 Å². The van der Waals surface area contributed by atoms with Crippen LogP contribution in [0.5, 0.6) is 5.75 Å². The Bertz CT molecular complexity index is 644. The van der Waals surface area contributed by atoms with E-state index in [0.717, 1.165) is 0 Å². The van der Waals surface area contributed by atoms with Crippen molar-refractivity contribution in [2.45, 2.75) is 0 Å². The average Bonchev–Trinajstić information content (AvgIpc) is 2.35. The van der Waals surface area contributed by atoms with Crippen molar-refractivity contribution < 1.29 is 14.3 Å². The lowest BCUT2D eigenvalue weighted by molar-refractivity contribution is 0.0845. The molecule has 0 unspecified atom stereocenters.